The summed E-state index contributed by atoms with van der Waals surface area (Å²) in [4.78, 5) is 26.2. The first kappa shape index (κ1) is 14.1. The summed E-state index contributed by atoms with van der Waals surface area (Å²) in [7, 11) is 1.85. The van der Waals surface area contributed by atoms with Gasteiger partial charge in [-0.25, -0.2) is 9.59 Å². The van der Waals surface area contributed by atoms with Gasteiger partial charge in [0.25, 0.3) is 0 Å². The van der Waals surface area contributed by atoms with Crippen LogP contribution in [0.25, 0.3) is 0 Å². The number of carboxylic acid groups (broad SMARTS) is 1. The molecule has 6 heteroatoms. The van der Waals surface area contributed by atoms with Gasteiger partial charge in [0.2, 0.25) is 0 Å². The van der Waals surface area contributed by atoms with Crippen molar-refractivity contribution in [2.24, 2.45) is 0 Å². The molecule has 1 saturated heterocycles. The second kappa shape index (κ2) is 5.36. The average Bonchev–Trinajstić information content (AvgIpc) is 2.84. The van der Waals surface area contributed by atoms with Crippen molar-refractivity contribution < 1.29 is 19.4 Å². The Morgan fingerprint density at radius 1 is 1.37 bits per heavy atom. The minimum Gasteiger partial charge on any atom is -0.480 e. The van der Waals surface area contributed by atoms with Crippen LogP contribution in [0.3, 0.4) is 0 Å². The molecule has 0 atom stereocenters. The van der Waals surface area contributed by atoms with Crippen molar-refractivity contribution in [3.63, 3.8) is 0 Å². The van der Waals surface area contributed by atoms with Crippen LogP contribution in [0.4, 0.5) is 4.79 Å². The van der Waals surface area contributed by atoms with Crippen molar-refractivity contribution in [2.75, 3.05) is 26.7 Å². The van der Waals surface area contributed by atoms with E-state index < -0.39 is 11.6 Å². The van der Waals surface area contributed by atoms with Crippen molar-refractivity contribution in [1.82, 2.24) is 9.80 Å². The van der Waals surface area contributed by atoms with Crippen molar-refractivity contribution in [1.29, 1.82) is 0 Å². The largest absolute Gasteiger partial charge is 0.480 e. The molecule has 1 saturated carbocycles. The van der Waals surface area contributed by atoms with Crippen molar-refractivity contribution >= 4 is 12.0 Å². The number of nitrogens with zero attached hydrogens (tertiary/aromatic N) is 2. The number of aliphatic carboxylic acids is 1. The smallest absolute Gasteiger partial charge is 0.329 e. The Hall–Kier alpha value is -1.30. The topological polar surface area (TPSA) is 70.1 Å². The van der Waals surface area contributed by atoms with Gasteiger partial charge in [0.15, 0.2) is 0 Å². The lowest BCUT2D eigenvalue weighted by Crippen LogP contribution is -2.65. The Morgan fingerprint density at radius 3 is 2.47 bits per heavy atom. The molecular weight excluding hydrogens is 248 g/mol. The molecule has 2 amide bonds. The highest BCUT2D eigenvalue weighted by molar-refractivity contribution is 5.76. The maximum atomic E-state index is 12.2. The summed E-state index contributed by atoms with van der Waals surface area (Å²) >= 11 is 0. The lowest BCUT2D eigenvalue weighted by Gasteiger charge is -2.48. The van der Waals surface area contributed by atoms with Gasteiger partial charge in [0, 0.05) is 13.1 Å². The summed E-state index contributed by atoms with van der Waals surface area (Å²) in [6.07, 6.45) is 4.56. The van der Waals surface area contributed by atoms with Crippen LogP contribution < -0.4 is 0 Å². The van der Waals surface area contributed by atoms with Crippen molar-refractivity contribution in [2.45, 2.75) is 44.2 Å². The van der Waals surface area contributed by atoms with Crippen LogP contribution in [0, 0.1) is 0 Å². The summed E-state index contributed by atoms with van der Waals surface area (Å²) < 4.78 is 5.30. The number of hydrogen-bond acceptors (Lipinski definition) is 3. The van der Waals surface area contributed by atoms with Gasteiger partial charge in [-0.3, -0.25) is 0 Å². The number of carbonyl (C=O) groups is 2. The minimum atomic E-state index is -0.978. The highest BCUT2D eigenvalue weighted by Crippen LogP contribution is 2.28. The third-order valence-electron chi connectivity index (χ3n) is 4.04. The van der Waals surface area contributed by atoms with E-state index >= 15 is 0 Å². The number of carbonyl (C=O) groups excluding carboxylic acids is 1. The highest BCUT2D eigenvalue weighted by Gasteiger charge is 2.44. The van der Waals surface area contributed by atoms with Crippen LogP contribution in [-0.4, -0.2) is 65.3 Å². The average molecular weight is 270 g/mol. The van der Waals surface area contributed by atoms with Gasteiger partial charge < -0.3 is 19.6 Å². The molecule has 108 valence electrons. The molecule has 2 fully saturated rings. The number of ether oxygens (including phenoxy) is 1. The number of hydrogen-bond donors (Lipinski definition) is 1. The van der Waals surface area contributed by atoms with E-state index in [0.29, 0.717) is 19.1 Å². The molecule has 0 radical (unpaired) electrons. The molecule has 0 bridgehead atoms. The van der Waals surface area contributed by atoms with E-state index in [2.05, 4.69) is 0 Å². The number of likely N-dealkylation sites (tertiary alicyclic amines) is 1. The second-order valence-corrected chi connectivity index (χ2v) is 5.82. The van der Waals surface area contributed by atoms with Crippen LogP contribution in [-0.2, 0) is 9.53 Å². The molecule has 0 spiro atoms. The molecule has 0 aromatic rings. The standard InChI is InChI=1S/C13H22N2O4/c1-13(19-7-11(16)17)8-15(9-13)12(18)14(2)10-5-3-4-6-10/h10H,3-9H2,1-2H3,(H,16,17). The molecule has 1 aliphatic heterocycles. The SMILES string of the molecule is CN(C(=O)N1CC(C)(OCC(=O)O)C1)C1CCCC1. The maximum Gasteiger partial charge on any atom is 0.329 e. The molecule has 2 aliphatic rings. The third-order valence-corrected chi connectivity index (χ3v) is 4.04. The number of rotatable bonds is 4. The quantitative estimate of drug-likeness (QED) is 0.832. The fraction of sp³-hybridized carbons (Fsp3) is 0.846. The maximum absolute atomic E-state index is 12.2. The fourth-order valence-electron chi connectivity index (χ4n) is 2.89. The predicted molar refractivity (Wildman–Crippen MR) is 69.0 cm³/mol. The molecule has 6 nitrogen and oxygen atoms in total. The highest BCUT2D eigenvalue weighted by atomic mass is 16.5. The van der Waals surface area contributed by atoms with Gasteiger partial charge in [-0.05, 0) is 19.8 Å². The molecule has 0 aromatic carbocycles. The van der Waals surface area contributed by atoms with Crippen LogP contribution in [0.2, 0.25) is 0 Å². The van der Waals surface area contributed by atoms with Gasteiger partial charge in [0.05, 0.1) is 13.1 Å². The van der Waals surface area contributed by atoms with Crippen molar-refractivity contribution in [3.8, 4) is 0 Å². The van der Waals surface area contributed by atoms with E-state index in [4.69, 9.17) is 9.84 Å². The normalized spacial score (nSPS) is 22.1. The van der Waals surface area contributed by atoms with E-state index in [9.17, 15) is 9.59 Å². The first-order valence-electron chi connectivity index (χ1n) is 6.79. The zero-order chi connectivity index (χ0) is 14.0. The lowest BCUT2D eigenvalue weighted by molar-refractivity contribution is -0.160. The van der Waals surface area contributed by atoms with Gasteiger partial charge in [0.1, 0.15) is 12.2 Å². The molecule has 1 heterocycles. The monoisotopic (exact) mass is 270 g/mol. The molecule has 1 aliphatic carbocycles. The van der Waals surface area contributed by atoms with E-state index in [1.165, 1.54) is 12.8 Å². The molecule has 0 unspecified atom stereocenters. The van der Waals surface area contributed by atoms with Gasteiger partial charge in [-0.1, -0.05) is 12.8 Å². The zero-order valence-electron chi connectivity index (χ0n) is 11.6. The van der Waals surface area contributed by atoms with Gasteiger partial charge in [-0.2, -0.15) is 0 Å². The molecule has 0 aromatic heterocycles. The number of carboxylic acids is 1. The summed E-state index contributed by atoms with van der Waals surface area (Å²) in [5.41, 5.74) is -0.509. The Morgan fingerprint density at radius 2 is 1.95 bits per heavy atom. The minimum absolute atomic E-state index is 0.0308. The lowest BCUT2D eigenvalue weighted by atomic mass is 9.97. The summed E-state index contributed by atoms with van der Waals surface area (Å²) in [6, 6.07) is 0.391. The van der Waals surface area contributed by atoms with E-state index in [-0.39, 0.29) is 12.6 Å². The van der Waals surface area contributed by atoms with E-state index in [1.54, 1.807) is 4.90 Å². The summed E-state index contributed by atoms with van der Waals surface area (Å²) in [5.74, 6) is -0.978. The third kappa shape index (κ3) is 3.18. The number of urea groups is 1. The Bertz CT molecular complexity index is 360. The van der Waals surface area contributed by atoms with Crippen LogP contribution in [0.1, 0.15) is 32.6 Å². The van der Waals surface area contributed by atoms with Crippen LogP contribution >= 0.6 is 0 Å². The molecule has 19 heavy (non-hydrogen) atoms. The summed E-state index contributed by atoms with van der Waals surface area (Å²) in [5, 5.41) is 8.59. The van der Waals surface area contributed by atoms with Gasteiger partial charge in [-0.15, -0.1) is 0 Å². The van der Waals surface area contributed by atoms with Crippen molar-refractivity contribution in [3.05, 3.63) is 0 Å². The van der Waals surface area contributed by atoms with Crippen LogP contribution in [0.5, 0.6) is 0 Å². The molecular formula is C13H22N2O4. The predicted octanol–water partition coefficient (Wildman–Crippen LogP) is 1.16. The van der Waals surface area contributed by atoms with E-state index in [1.807, 2.05) is 18.9 Å². The summed E-state index contributed by atoms with van der Waals surface area (Å²) in [6.45, 7) is 2.47. The fourth-order valence-corrected chi connectivity index (χ4v) is 2.89. The van der Waals surface area contributed by atoms with Gasteiger partial charge >= 0.3 is 12.0 Å². The first-order valence-corrected chi connectivity index (χ1v) is 6.79. The van der Waals surface area contributed by atoms with Crippen LogP contribution in [0.15, 0.2) is 0 Å². The Balaban J connectivity index is 1.78. The Kier molecular flexibility index (Phi) is 3.99. The number of amides is 2. The second-order valence-electron chi connectivity index (χ2n) is 5.82. The first-order chi connectivity index (χ1) is 8.91. The van der Waals surface area contributed by atoms with E-state index in [0.717, 1.165) is 12.8 Å². The molecule has 2 rings (SSSR count). The Labute approximate surface area is 113 Å². The zero-order valence-corrected chi connectivity index (χ0v) is 11.6. The molecule has 1 N–H and O–H groups in total.